The van der Waals surface area contributed by atoms with Crippen LogP contribution in [-0.4, -0.2) is 39.6 Å². The minimum Gasteiger partial charge on any atom is -0.271 e. The van der Waals surface area contributed by atoms with Crippen molar-refractivity contribution in [2.75, 3.05) is 23.4 Å². The number of hydrogen-bond acceptors (Lipinski definition) is 5. The number of nitrogens with zero attached hydrogens (tertiary/aromatic N) is 2. The zero-order chi connectivity index (χ0) is 20.0. The summed E-state index contributed by atoms with van der Waals surface area (Å²) < 4.78 is 25.0. The number of sulfonamides is 1. The lowest BCUT2D eigenvalue weighted by Gasteiger charge is -2.21. The molecule has 6 nitrogen and oxygen atoms in total. The molecule has 0 saturated carbocycles. The normalized spacial score (nSPS) is 11.6. The Morgan fingerprint density at radius 1 is 1.19 bits per heavy atom. The molecule has 2 aromatic carbocycles. The third kappa shape index (κ3) is 6.42. The second-order valence-electron chi connectivity index (χ2n) is 5.43. The number of carbonyl (C=O) groups excluding carboxylic acids is 1. The van der Waals surface area contributed by atoms with Crippen LogP contribution in [0.4, 0.5) is 5.69 Å². The topological polar surface area (TPSA) is 78.8 Å². The number of anilines is 1. The van der Waals surface area contributed by atoms with Crippen LogP contribution in [0.3, 0.4) is 0 Å². The average molecular weight is 446 g/mol. The first-order valence-corrected chi connectivity index (χ1v) is 11.4. The summed E-state index contributed by atoms with van der Waals surface area (Å²) in [5.41, 5.74) is 3.36. The van der Waals surface area contributed by atoms with E-state index in [4.69, 9.17) is 23.2 Å². The Labute approximate surface area is 172 Å². The highest BCUT2D eigenvalue weighted by Crippen LogP contribution is 2.28. The molecular formula is C17H17Cl2N3O3S2. The number of hydrogen-bond donors (Lipinski definition) is 1. The minimum absolute atomic E-state index is 0.190. The van der Waals surface area contributed by atoms with Crippen molar-refractivity contribution in [3.8, 4) is 0 Å². The maximum atomic E-state index is 12.1. The van der Waals surface area contributed by atoms with E-state index >= 15 is 0 Å². The van der Waals surface area contributed by atoms with Crippen LogP contribution in [0.15, 0.2) is 52.5 Å². The molecule has 0 aliphatic rings. The number of rotatable bonds is 7. The third-order valence-corrected chi connectivity index (χ3v) is 6.02. The molecule has 0 aliphatic carbocycles. The Kier molecular flexibility index (Phi) is 7.55. The Balaban J connectivity index is 2.07. The monoisotopic (exact) mass is 445 g/mol. The van der Waals surface area contributed by atoms with E-state index in [-0.39, 0.29) is 15.7 Å². The summed E-state index contributed by atoms with van der Waals surface area (Å²) in [4.78, 5) is 13.2. The van der Waals surface area contributed by atoms with Gasteiger partial charge in [0.2, 0.25) is 10.0 Å². The van der Waals surface area contributed by atoms with Crippen molar-refractivity contribution < 1.29 is 13.2 Å². The Bertz CT molecular complexity index is 948. The van der Waals surface area contributed by atoms with Crippen molar-refractivity contribution >= 4 is 62.8 Å². The van der Waals surface area contributed by atoms with Crippen LogP contribution in [-0.2, 0) is 14.8 Å². The van der Waals surface area contributed by atoms with Gasteiger partial charge in [0, 0.05) is 4.90 Å². The van der Waals surface area contributed by atoms with Gasteiger partial charge in [0.1, 0.15) is 6.54 Å². The van der Waals surface area contributed by atoms with E-state index in [0.29, 0.717) is 0 Å². The Morgan fingerprint density at radius 2 is 1.85 bits per heavy atom. The summed E-state index contributed by atoms with van der Waals surface area (Å²) in [6, 6.07) is 11.9. The van der Waals surface area contributed by atoms with Crippen molar-refractivity contribution in [1.82, 2.24) is 5.43 Å². The lowest BCUT2D eigenvalue weighted by Crippen LogP contribution is -2.39. The standard InChI is InChI=1S/C17H17Cl2N3O3S2/c1-26-14-6-3-12(4-7-14)10-20-21-17(23)11-22(27(2,24)25)13-5-8-15(18)16(19)9-13/h3-10H,11H2,1-2H3,(H,21,23)/b20-10-. The molecule has 0 saturated heterocycles. The highest BCUT2D eigenvalue weighted by Gasteiger charge is 2.21. The van der Waals surface area contributed by atoms with Crippen LogP contribution in [0.25, 0.3) is 0 Å². The summed E-state index contributed by atoms with van der Waals surface area (Å²) in [6.45, 7) is -0.445. The van der Waals surface area contributed by atoms with E-state index in [9.17, 15) is 13.2 Å². The molecule has 1 N–H and O–H groups in total. The van der Waals surface area contributed by atoms with Crippen LogP contribution < -0.4 is 9.73 Å². The van der Waals surface area contributed by atoms with Gasteiger partial charge >= 0.3 is 0 Å². The molecule has 2 rings (SSSR count). The lowest BCUT2D eigenvalue weighted by molar-refractivity contribution is -0.119. The Morgan fingerprint density at radius 3 is 2.41 bits per heavy atom. The molecule has 1 amide bonds. The molecule has 0 unspecified atom stereocenters. The molecular weight excluding hydrogens is 429 g/mol. The summed E-state index contributed by atoms with van der Waals surface area (Å²) in [7, 11) is -3.71. The molecule has 0 spiro atoms. The highest BCUT2D eigenvalue weighted by molar-refractivity contribution is 7.98. The molecule has 0 atom stereocenters. The van der Waals surface area contributed by atoms with Gasteiger partial charge in [0.05, 0.1) is 28.2 Å². The molecule has 0 radical (unpaired) electrons. The molecule has 0 fully saturated rings. The summed E-state index contributed by atoms with van der Waals surface area (Å²) in [5.74, 6) is -0.594. The van der Waals surface area contributed by atoms with Crippen LogP contribution in [0.1, 0.15) is 5.56 Å². The molecule has 2 aromatic rings. The van der Waals surface area contributed by atoms with Gasteiger partial charge in [-0.05, 0) is 42.2 Å². The molecule has 0 bridgehead atoms. The van der Waals surface area contributed by atoms with Gasteiger partial charge in [-0.25, -0.2) is 13.8 Å². The summed E-state index contributed by atoms with van der Waals surface area (Å²) >= 11 is 13.4. The van der Waals surface area contributed by atoms with E-state index in [1.54, 1.807) is 11.8 Å². The molecule has 0 heterocycles. The number of halogens is 2. The maximum Gasteiger partial charge on any atom is 0.260 e. The number of carbonyl (C=O) groups is 1. The summed E-state index contributed by atoms with van der Waals surface area (Å²) in [5, 5.41) is 4.33. The van der Waals surface area contributed by atoms with Gasteiger partial charge in [0.25, 0.3) is 5.91 Å². The average Bonchev–Trinajstić information content (AvgIpc) is 2.62. The molecule has 0 aromatic heterocycles. The van der Waals surface area contributed by atoms with Crippen molar-refractivity contribution in [2.45, 2.75) is 4.90 Å². The predicted octanol–water partition coefficient (Wildman–Crippen LogP) is 3.63. The maximum absolute atomic E-state index is 12.1. The lowest BCUT2D eigenvalue weighted by atomic mass is 10.2. The second kappa shape index (κ2) is 9.45. The van der Waals surface area contributed by atoms with Crippen LogP contribution in [0, 0.1) is 0 Å². The first-order valence-electron chi connectivity index (χ1n) is 7.59. The SMILES string of the molecule is CSc1ccc(/C=N\NC(=O)CN(c2ccc(Cl)c(Cl)c2)S(C)(=O)=O)cc1. The van der Waals surface area contributed by atoms with Crippen molar-refractivity contribution in [1.29, 1.82) is 0 Å². The minimum atomic E-state index is -3.71. The largest absolute Gasteiger partial charge is 0.271 e. The number of amides is 1. The highest BCUT2D eigenvalue weighted by atomic mass is 35.5. The van der Waals surface area contributed by atoms with Gasteiger partial charge in [-0.2, -0.15) is 5.10 Å². The van der Waals surface area contributed by atoms with E-state index in [0.717, 1.165) is 21.0 Å². The second-order valence-corrected chi connectivity index (χ2v) is 9.04. The van der Waals surface area contributed by atoms with Crippen LogP contribution in [0.2, 0.25) is 10.0 Å². The van der Waals surface area contributed by atoms with E-state index in [1.165, 1.54) is 24.4 Å². The predicted molar refractivity (Wildman–Crippen MR) is 113 cm³/mol. The number of thioether (sulfide) groups is 1. The zero-order valence-corrected chi connectivity index (χ0v) is 17.7. The molecule has 27 heavy (non-hydrogen) atoms. The van der Waals surface area contributed by atoms with Crippen LogP contribution in [0.5, 0.6) is 0 Å². The number of hydrazone groups is 1. The Hall–Kier alpha value is -1.74. The van der Waals surface area contributed by atoms with Crippen LogP contribution >= 0.6 is 35.0 Å². The van der Waals surface area contributed by atoms with E-state index in [1.807, 2.05) is 30.5 Å². The fraction of sp³-hybridized carbons (Fsp3) is 0.176. The summed E-state index contributed by atoms with van der Waals surface area (Å²) in [6.07, 6.45) is 4.45. The molecule has 144 valence electrons. The number of benzene rings is 2. The van der Waals surface area contributed by atoms with Crippen molar-refractivity contribution in [3.05, 3.63) is 58.1 Å². The third-order valence-electron chi connectivity index (χ3n) is 3.40. The van der Waals surface area contributed by atoms with Gasteiger partial charge in [0.15, 0.2) is 0 Å². The zero-order valence-electron chi connectivity index (χ0n) is 14.5. The van der Waals surface area contributed by atoms with Gasteiger partial charge in [-0.15, -0.1) is 11.8 Å². The fourth-order valence-corrected chi connectivity index (χ4v) is 3.62. The van der Waals surface area contributed by atoms with Crippen molar-refractivity contribution in [3.63, 3.8) is 0 Å². The molecule has 0 aliphatic heterocycles. The molecule has 10 heteroatoms. The van der Waals surface area contributed by atoms with Gasteiger partial charge in [-0.1, -0.05) is 35.3 Å². The smallest absolute Gasteiger partial charge is 0.260 e. The number of nitrogens with one attached hydrogen (secondary N) is 1. The van der Waals surface area contributed by atoms with E-state index < -0.39 is 22.5 Å². The first-order chi connectivity index (χ1) is 12.7. The van der Waals surface area contributed by atoms with Crippen molar-refractivity contribution in [2.24, 2.45) is 5.10 Å². The van der Waals surface area contributed by atoms with E-state index in [2.05, 4.69) is 10.5 Å². The quantitative estimate of drug-likeness (QED) is 0.400. The first kappa shape index (κ1) is 21.6. The van der Waals surface area contributed by atoms with Gasteiger partial charge < -0.3 is 0 Å². The fourth-order valence-electron chi connectivity index (χ4n) is 2.07. The van der Waals surface area contributed by atoms with Gasteiger partial charge in [-0.3, -0.25) is 9.10 Å².